The summed E-state index contributed by atoms with van der Waals surface area (Å²) in [5, 5.41) is 0.449. The van der Waals surface area contributed by atoms with Crippen LogP contribution in [0.15, 0.2) is 53.2 Å². The number of amidine groups is 1. The smallest absolute Gasteiger partial charge is 0.316 e. The number of carbonyl (C=O) groups is 2. The molecule has 150 valence electrons. The maximum absolute atomic E-state index is 13.2. The Balaban J connectivity index is 1.97. The molecule has 2 aromatic rings. The number of ether oxygens (including phenoxy) is 2. The van der Waals surface area contributed by atoms with Crippen LogP contribution in [0.4, 0.5) is 5.69 Å². The molecule has 29 heavy (non-hydrogen) atoms. The van der Waals surface area contributed by atoms with Gasteiger partial charge in [0.05, 0.1) is 25.7 Å². The van der Waals surface area contributed by atoms with E-state index in [9.17, 15) is 9.59 Å². The molecular weight excluding hydrogens is 388 g/mol. The largest absolute Gasteiger partial charge is 0.497 e. The zero-order chi connectivity index (χ0) is 21.0. The summed E-state index contributed by atoms with van der Waals surface area (Å²) in [4.78, 5) is 30.8. The van der Waals surface area contributed by atoms with Gasteiger partial charge in [0.25, 0.3) is 5.91 Å². The van der Waals surface area contributed by atoms with Crippen molar-refractivity contribution in [2.45, 2.75) is 13.8 Å². The van der Waals surface area contributed by atoms with Gasteiger partial charge in [-0.2, -0.15) is 0 Å². The Hall–Kier alpha value is -3.06. The van der Waals surface area contributed by atoms with Crippen LogP contribution >= 0.6 is 11.8 Å². The molecule has 0 saturated heterocycles. The van der Waals surface area contributed by atoms with Crippen molar-refractivity contribution in [1.82, 2.24) is 0 Å². The molecule has 0 bridgehead atoms. The summed E-state index contributed by atoms with van der Waals surface area (Å²) < 4.78 is 9.88. The first kappa shape index (κ1) is 20.7. The van der Waals surface area contributed by atoms with Gasteiger partial charge in [-0.25, -0.2) is 4.99 Å². The second-order valence-corrected chi connectivity index (χ2v) is 7.49. The van der Waals surface area contributed by atoms with Crippen molar-refractivity contribution >= 4 is 40.6 Å². The minimum atomic E-state index is -0.377. The first-order chi connectivity index (χ1) is 13.9. The average Bonchev–Trinajstić information content (AvgIpc) is 3.01. The highest BCUT2D eigenvalue weighted by Gasteiger charge is 2.32. The van der Waals surface area contributed by atoms with E-state index in [1.165, 1.54) is 18.9 Å². The maximum Gasteiger partial charge on any atom is 0.316 e. The minimum Gasteiger partial charge on any atom is -0.497 e. The highest BCUT2D eigenvalue weighted by Crippen LogP contribution is 2.31. The zero-order valence-electron chi connectivity index (χ0n) is 16.8. The van der Waals surface area contributed by atoms with Crippen LogP contribution in [0.25, 0.3) is 6.08 Å². The van der Waals surface area contributed by atoms with Crippen molar-refractivity contribution in [1.29, 1.82) is 0 Å². The lowest BCUT2D eigenvalue weighted by Gasteiger charge is -2.18. The molecule has 1 heterocycles. The van der Waals surface area contributed by atoms with Crippen molar-refractivity contribution in [3.63, 3.8) is 0 Å². The summed E-state index contributed by atoms with van der Waals surface area (Å²) in [6.07, 6.45) is 1.73. The van der Waals surface area contributed by atoms with Crippen LogP contribution in [0.2, 0.25) is 0 Å². The first-order valence-corrected chi connectivity index (χ1v) is 9.96. The summed E-state index contributed by atoms with van der Waals surface area (Å²) in [6.45, 7) is 3.95. The summed E-state index contributed by atoms with van der Waals surface area (Å²) in [7, 11) is 2.94. The molecule has 7 heteroatoms. The van der Waals surface area contributed by atoms with E-state index in [1.54, 1.807) is 18.1 Å². The van der Waals surface area contributed by atoms with Gasteiger partial charge in [-0.15, -0.1) is 0 Å². The summed E-state index contributed by atoms with van der Waals surface area (Å²) in [5.41, 5.74) is 3.94. The number of amides is 1. The molecule has 0 spiro atoms. The van der Waals surface area contributed by atoms with Crippen LogP contribution in [-0.4, -0.2) is 37.0 Å². The van der Waals surface area contributed by atoms with E-state index in [-0.39, 0.29) is 17.6 Å². The molecule has 0 aromatic heterocycles. The van der Waals surface area contributed by atoms with Crippen molar-refractivity contribution in [3.8, 4) is 5.75 Å². The molecule has 0 aliphatic carbocycles. The van der Waals surface area contributed by atoms with Gasteiger partial charge < -0.3 is 9.47 Å². The van der Waals surface area contributed by atoms with Crippen LogP contribution in [0, 0.1) is 13.8 Å². The lowest BCUT2D eigenvalue weighted by molar-refractivity contribution is -0.137. The third kappa shape index (κ3) is 4.86. The van der Waals surface area contributed by atoms with Gasteiger partial charge in [0.15, 0.2) is 5.17 Å². The van der Waals surface area contributed by atoms with E-state index in [0.29, 0.717) is 10.9 Å². The van der Waals surface area contributed by atoms with Gasteiger partial charge in [0.1, 0.15) is 11.4 Å². The second kappa shape index (κ2) is 8.96. The molecule has 1 aliphatic rings. The number of esters is 1. The fourth-order valence-corrected chi connectivity index (χ4v) is 3.79. The molecule has 1 amide bonds. The summed E-state index contributed by atoms with van der Waals surface area (Å²) in [6, 6.07) is 13.3. The third-order valence-corrected chi connectivity index (χ3v) is 5.17. The standard InChI is InChI=1S/C22H22N2O4S/c1-14-9-15(2)11-17(10-14)24-21(26)19(23-22(24)29-13-20(25)28-4)12-16-5-7-18(27-3)8-6-16/h5-12H,13H2,1-4H3/b19-12-. The molecule has 2 aromatic carbocycles. The van der Waals surface area contributed by atoms with Gasteiger partial charge in [0.2, 0.25) is 0 Å². The monoisotopic (exact) mass is 410 g/mol. The molecule has 6 nitrogen and oxygen atoms in total. The van der Waals surface area contributed by atoms with E-state index >= 15 is 0 Å². The van der Waals surface area contributed by atoms with Gasteiger partial charge >= 0.3 is 5.97 Å². The van der Waals surface area contributed by atoms with Crippen LogP contribution in [0.3, 0.4) is 0 Å². The molecule has 0 saturated carbocycles. The highest BCUT2D eigenvalue weighted by molar-refractivity contribution is 8.14. The fourth-order valence-electron chi connectivity index (χ4n) is 2.94. The Labute approximate surface area is 174 Å². The first-order valence-electron chi connectivity index (χ1n) is 8.98. The Kier molecular flexibility index (Phi) is 6.39. The number of nitrogens with zero attached hydrogens (tertiary/aromatic N) is 2. The Morgan fingerprint density at radius 1 is 1.10 bits per heavy atom. The molecule has 0 N–H and O–H groups in total. The van der Waals surface area contributed by atoms with Gasteiger partial charge in [-0.05, 0) is 60.9 Å². The normalized spacial score (nSPS) is 14.9. The van der Waals surface area contributed by atoms with E-state index in [0.717, 1.165) is 28.1 Å². The average molecular weight is 410 g/mol. The fraction of sp³-hybridized carbons (Fsp3) is 0.227. The number of hydrogen-bond donors (Lipinski definition) is 0. The number of rotatable bonds is 5. The quantitative estimate of drug-likeness (QED) is 0.551. The molecule has 0 unspecified atom stereocenters. The SMILES string of the molecule is COC(=O)CSC1=N/C(=C\c2ccc(OC)cc2)C(=O)N1c1cc(C)cc(C)c1. The predicted octanol–water partition coefficient (Wildman–Crippen LogP) is 3.96. The molecule has 0 radical (unpaired) electrons. The van der Waals surface area contributed by atoms with Gasteiger partial charge in [-0.1, -0.05) is 30.0 Å². The molecule has 0 fully saturated rings. The van der Waals surface area contributed by atoms with Crippen LogP contribution < -0.4 is 9.64 Å². The molecule has 3 rings (SSSR count). The lowest BCUT2D eigenvalue weighted by Crippen LogP contribution is -2.31. The number of hydrogen-bond acceptors (Lipinski definition) is 6. The van der Waals surface area contributed by atoms with Crippen LogP contribution in [0.1, 0.15) is 16.7 Å². The number of carbonyl (C=O) groups excluding carboxylic acids is 2. The topological polar surface area (TPSA) is 68.2 Å². The number of thioether (sulfide) groups is 1. The summed E-state index contributed by atoms with van der Waals surface area (Å²) in [5.74, 6) is 0.190. The summed E-state index contributed by atoms with van der Waals surface area (Å²) >= 11 is 1.18. The van der Waals surface area contributed by atoms with E-state index in [4.69, 9.17) is 9.47 Å². The van der Waals surface area contributed by atoms with Gasteiger partial charge in [-0.3, -0.25) is 14.5 Å². The molecular formula is C22H22N2O4S. The minimum absolute atomic E-state index is 0.0692. The van der Waals surface area contributed by atoms with Crippen molar-refractivity contribution in [3.05, 3.63) is 64.9 Å². The van der Waals surface area contributed by atoms with Crippen molar-refractivity contribution in [2.75, 3.05) is 24.9 Å². The second-order valence-electron chi connectivity index (χ2n) is 6.55. The lowest BCUT2D eigenvalue weighted by atomic mass is 10.1. The number of aryl methyl sites for hydroxylation is 2. The predicted molar refractivity (Wildman–Crippen MR) is 116 cm³/mol. The maximum atomic E-state index is 13.2. The molecule has 0 atom stereocenters. The number of methoxy groups -OCH3 is 2. The van der Waals surface area contributed by atoms with E-state index < -0.39 is 0 Å². The Morgan fingerprint density at radius 2 is 1.76 bits per heavy atom. The van der Waals surface area contributed by atoms with Crippen molar-refractivity contribution < 1.29 is 19.1 Å². The number of anilines is 1. The third-order valence-electron chi connectivity index (χ3n) is 4.26. The van der Waals surface area contributed by atoms with Gasteiger partial charge in [0, 0.05) is 0 Å². The number of benzene rings is 2. The van der Waals surface area contributed by atoms with E-state index in [1.807, 2.05) is 56.3 Å². The molecule has 1 aliphatic heterocycles. The number of aliphatic imine (C=N–C) groups is 1. The zero-order valence-corrected chi connectivity index (χ0v) is 17.6. The van der Waals surface area contributed by atoms with E-state index in [2.05, 4.69) is 4.99 Å². The Morgan fingerprint density at radius 3 is 2.34 bits per heavy atom. The Bertz CT molecular complexity index is 976. The highest BCUT2D eigenvalue weighted by atomic mass is 32.2. The van der Waals surface area contributed by atoms with Crippen molar-refractivity contribution in [2.24, 2.45) is 4.99 Å². The van der Waals surface area contributed by atoms with Crippen LogP contribution in [-0.2, 0) is 14.3 Å². The van der Waals surface area contributed by atoms with Crippen LogP contribution in [0.5, 0.6) is 5.75 Å².